The minimum absolute atomic E-state index is 0.00627. The Bertz CT molecular complexity index is 750. The van der Waals surface area contributed by atoms with Gasteiger partial charge in [-0.05, 0) is 44.9 Å². The summed E-state index contributed by atoms with van der Waals surface area (Å²) >= 11 is 0. The third kappa shape index (κ3) is 3.75. The van der Waals surface area contributed by atoms with Crippen molar-refractivity contribution in [2.24, 2.45) is 0 Å². The summed E-state index contributed by atoms with van der Waals surface area (Å²) in [6, 6.07) is 3.42. The Morgan fingerprint density at radius 3 is 2.50 bits per heavy atom. The number of ketones is 1. The number of hydrogen-bond donors (Lipinski definition) is 1. The number of Topliss-reactive ketones (excluding diaryl/α,β-unsaturated/α-hetero) is 1. The van der Waals surface area contributed by atoms with Gasteiger partial charge in [-0.1, -0.05) is 0 Å². The van der Waals surface area contributed by atoms with Crippen molar-refractivity contribution in [2.45, 2.75) is 44.3 Å². The Hall–Kier alpha value is -1.96. The summed E-state index contributed by atoms with van der Waals surface area (Å²) in [6.07, 6.45) is 0.788. The van der Waals surface area contributed by atoms with E-state index in [0.29, 0.717) is 0 Å². The first-order valence-corrected chi connectivity index (χ1v) is 9.17. The standard InChI is InChI=1S/C16H20FNO5S/c1-3-23-15(20)11-4-5-14(13(17)10-11)18-24(21,22)16(2)8-6-12(19)7-9-16/h4-5,10,18H,3,6-9H2,1-2H3. The number of nitrogens with one attached hydrogen (secondary N) is 1. The van der Waals surface area contributed by atoms with E-state index in [1.54, 1.807) is 13.8 Å². The lowest BCUT2D eigenvalue weighted by atomic mass is 9.89. The fraction of sp³-hybridized carbons (Fsp3) is 0.500. The Labute approximate surface area is 140 Å². The molecule has 0 atom stereocenters. The molecule has 2 rings (SSSR count). The first-order valence-electron chi connectivity index (χ1n) is 7.69. The summed E-state index contributed by atoms with van der Waals surface area (Å²) in [5, 5.41) is 0. The topological polar surface area (TPSA) is 89.5 Å². The van der Waals surface area contributed by atoms with Gasteiger partial charge in [-0.25, -0.2) is 17.6 Å². The van der Waals surface area contributed by atoms with Gasteiger partial charge < -0.3 is 4.74 Å². The highest BCUT2D eigenvalue weighted by Gasteiger charge is 2.42. The van der Waals surface area contributed by atoms with E-state index in [0.717, 1.165) is 6.07 Å². The number of halogens is 1. The Morgan fingerprint density at radius 1 is 1.33 bits per heavy atom. The molecule has 1 aliphatic rings. The van der Waals surface area contributed by atoms with Crippen LogP contribution in [0.3, 0.4) is 0 Å². The molecule has 1 aromatic carbocycles. The smallest absolute Gasteiger partial charge is 0.338 e. The summed E-state index contributed by atoms with van der Waals surface area (Å²) < 4.78 is 45.2. The van der Waals surface area contributed by atoms with Gasteiger partial charge in [-0.3, -0.25) is 9.52 Å². The van der Waals surface area contributed by atoms with Crippen LogP contribution in [0.2, 0.25) is 0 Å². The van der Waals surface area contributed by atoms with Crippen LogP contribution in [0.1, 0.15) is 49.9 Å². The summed E-state index contributed by atoms with van der Waals surface area (Å²) in [5.74, 6) is -1.50. The average molecular weight is 357 g/mol. The molecule has 0 aromatic heterocycles. The SMILES string of the molecule is CCOC(=O)c1ccc(NS(=O)(=O)C2(C)CCC(=O)CC2)c(F)c1. The number of carbonyl (C=O) groups is 2. The van der Waals surface area contributed by atoms with Crippen LogP contribution in [0, 0.1) is 5.82 Å². The highest BCUT2D eigenvalue weighted by Crippen LogP contribution is 2.34. The van der Waals surface area contributed by atoms with E-state index in [9.17, 15) is 22.4 Å². The molecule has 6 nitrogen and oxygen atoms in total. The van der Waals surface area contributed by atoms with E-state index in [4.69, 9.17) is 4.74 Å². The van der Waals surface area contributed by atoms with Crippen LogP contribution in [0.5, 0.6) is 0 Å². The van der Waals surface area contributed by atoms with Crippen LogP contribution in [0.25, 0.3) is 0 Å². The van der Waals surface area contributed by atoms with Gasteiger partial charge in [0.1, 0.15) is 11.6 Å². The van der Waals surface area contributed by atoms with Crippen molar-refractivity contribution in [2.75, 3.05) is 11.3 Å². The molecular formula is C16H20FNO5S. The molecule has 0 radical (unpaired) electrons. The van der Waals surface area contributed by atoms with Crippen molar-refractivity contribution in [1.82, 2.24) is 0 Å². The quantitative estimate of drug-likeness (QED) is 0.818. The van der Waals surface area contributed by atoms with E-state index in [-0.39, 0.29) is 49.3 Å². The van der Waals surface area contributed by atoms with Crippen LogP contribution in [0.4, 0.5) is 10.1 Å². The van der Waals surface area contributed by atoms with E-state index >= 15 is 0 Å². The van der Waals surface area contributed by atoms with Crippen LogP contribution in [0.15, 0.2) is 18.2 Å². The first kappa shape index (κ1) is 18.4. The molecule has 1 aliphatic carbocycles. The predicted octanol–water partition coefficient (Wildman–Crippen LogP) is 2.65. The lowest BCUT2D eigenvalue weighted by Gasteiger charge is -2.32. The molecule has 132 valence electrons. The van der Waals surface area contributed by atoms with Gasteiger partial charge in [0.25, 0.3) is 0 Å². The molecule has 0 unspecified atom stereocenters. The number of esters is 1. The van der Waals surface area contributed by atoms with Crippen LogP contribution < -0.4 is 4.72 Å². The molecule has 8 heteroatoms. The molecule has 1 aromatic rings. The normalized spacial score (nSPS) is 17.4. The molecular weight excluding hydrogens is 337 g/mol. The Morgan fingerprint density at radius 2 is 1.96 bits per heavy atom. The van der Waals surface area contributed by atoms with Crippen LogP contribution in [-0.2, 0) is 19.6 Å². The predicted molar refractivity (Wildman–Crippen MR) is 86.8 cm³/mol. The van der Waals surface area contributed by atoms with Crippen molar-refractivity contribution in [3.63, 3.8) is 0 Å². The van der Waals surface area contributed by atoms with Gasteiger partial charge in [-0.15, -0.1) is 0 Å². The third-order valence-corrected chi connectivity index (χ3v) is 6.43. The Kier molecular flexibility index (Phi) is 5.27. The Balaban J connectivity index is 2.21. The highest BCUT2D eigenvalue weighted by atomic mass is 32.2. The van der Waals surface area contributed by atoms with E-state index < -0.39 is 26.6 Å². The maximum Gasteiger partial charge on any atom is 0.338 e. The molecule has 1 saturated carbocycles. The third-order valence-electron chi connectivity index (χ3n) is 4.24. The van der Waals surface area contributed by atoms with Gasteiger partial charge >= 0.3 is 5.97 Å². The van der Waals surface area contributed by atoms with Gasteiger partial charge in [-0.2, -0.15) is 0 Å². The first-order chi connectivity index (χ1) is 11.2. The van der Waals surface area contributed by atoms with Crippen molar-refractivity contribution in [1.29, 1.82) is 0 Å². The van der Waals surface area contributed by atoms with Crippen molar-refractivity contribution < 1.29 is 27.1 Å². The van der Waals surface area contributed by atoms with E-state index in [2.05, 4.69) is 4.72 Å². The molecule has 1 fully saturated rings. The molecule has 0 amide bonds. The minimum atomic E-state index is -3.88. The average Bonchev–Trinajstić information content (AvgIpc) is 2.52. The van der Waals surface area contributed by atoms with Crippen molar-refractivity contribution in [3.05, 3.63) is 29.6 Å². The fourth-order valence-electron chi connectivity index (χ4n) is 2.53. The number of anilines is 1. The van der Waals surface area contributed by atoms with Gasteiger partial charge in [0.2, 0.25) is 10.0 Å². The number of rotatable bonds is 5. The summed E-state index contributed by atoms with van der Waals surface area (Å²) in [7, 11) is -3.88. The van der Waals surface area contributed by atoms with Gasteiger partial charge in [0.05, 0.1) is 22.6 Å². The van der Waals surface area contributed by atoms with Crippen LogP contribution >= 0.6 is 0 Å². The van der Waals surface area contributed by atoms with E-state index in [1.165, 1.54) is 12.1 Å². The van der Waals surface area contributed by atoms with Gasteiger partial charge in [0, 0.05) is 12.8 Å². The molecule has 1 N–H and O–H groups in total. The summed E-state index contributed by atoms with van der Waals surface area (Å²) in [6.45, 7) is 3.34. The second kappa shape index (κ2) is 6.88. The largest absolute Gasteiger partial charge is 0.462 e. The number of benzene rings is 1. The van der Waals surface area contributed by atoms with E-state index in [1.807, 2.05) is 0 Å². The molecule has 24 heavy (non-hydrogen) atoms. The fourth-order valence-corrected chi connectivity index (χ4v) is 3.98. The van der Waals surface area contributed by atoms with Crippen molar-refractivity contribution >= 4 is 27.5 Å². The maximum atomic E-state index is 14.1. The van der Waals surface area contributed by atoms with Crippen molar-refractivity contribution in [3.8, 4) is 0 Å². The zero-order chi connectivity index (χ0) is 18.0. The van der Waals surface area contributed by atoms with Gasteiger partial charge in [0.15, 0.2) is 0 Å². The molecule has 0 saturated heterocycles. The number of carbonyl (C=O) groups excluding carboxylic acids is 2. The molecule has 0 aliphatic heterocycles. The monoisotopic (exact) mass is 357 g/mol. The second-order valence-corrected chi connectivity index (χ2v) is 8.21. The number of ether oxygens (including phenoxy) is 1. The lowest BCUT2D eigenvalue weighted by Crippen LogP contribution is -2.43. The molecule has 0 heterocycles. The molecule has 0 bridgehead atoms. The number of hydrogen-bond acceptors (Lipinski definition) is 5. The minimum Gasteiger partial charge on any atom is -0.462 e. The zero-order valence-corrected chi connectivity index (χ0v) is 14.4. The molecule has 0 spiro atoms. The number of sulfonamides is 1. The summed E-state index contributed by atoms with van der Waals surface area (Å²) in [5.41, 5.74) is -0.229. The van der Waals surface area contributed by atoms with Crippen LogP contribution in [-0.4, -0.2) is 31.5 Å². The zero-order valence-electron chi connectivity index (χ0n) is 13.6. The lowest BCUT2D eigenvalue weighted by molar-refractivity contribution is -0.120. The maximum absolute atomic E-state index is 14.1. The highest BCUT2D eigenvalue weighted by molar-refractivity contribution is 7.94. The summed E-state index contributed by atoms with van der Waals surface area (Å²) in [4.78, 5) is 22.9. The second-order valence-electron chi connectivity index (χ2n) is 6.01.